The highest BCUT2D eigenvalue weighted by atomic mass is 19.4. The Kier molecular flexibility index (Phi) is 11.2. The molecule has 7 heteroatoms. The van der Waals surface area contributed by atoms with Gasteiger partial charge in [0.25, 0.3) is 0 Å². The van der Waals surface area contributed by atoms with E-state index < -0.39 is 48.9 Å². The summed E-state index contributed by atoms with van der Waals surface area (Å²) in [5, 5.41) is 8.74. The quantitative estimate of drug-likeness (QED) is 0.587. The van der Waals surface area contributed by atoms with Crippen molar-refractivity contribution in [2.75, 3.05) is 0 Å². The Hall–Kier alpha value is -1.71. The number of aliphatic carboxylic acids is 1. The molecule has 140 valence electrons. The number of halogens is 3. The van der Waals surface area contributed by atoms with E-state index in [9.17, 15) is 22.8 Å². The largest absolute Gasteiger partial charge is 0.481 e. The Morgan fingerprint density at radius 2 is 1.62 bits per heavy atom. The topological polar surface area (TPSA) is 63.6 Å². The van der Waals surface area contributed by atoms with Crippen molar-refractivity contribution in [3.8, 4) is 12.8 Å². The van der Waals surface area contributed by atoms with Gasteiger partial charge in [-0.25, -0.2) is 0 Å². The Balaban J connectivity index is 0. The van der Waals surface area contributed by atoms with Crippen molar-refractivity contribution in [1.82, 2.24) is 0 Å². The summed E-state index contributed by atoms with van der Waals surface area (Å²) < 4.78 is 40.8. The Bertz CT molecular complexity index is 404. The van der Waals surface area contributed by atoms with E-state index >= 15 is 0 Å². The lowest BCUT2D eigenvalue weighted by Crippen LogP contribution is -2.28. The van der Waals surface area contributed by atoms with Gasteiger partial charge >= 0.3 is 18.1 Å². The molecule has 0 bridgehead atoms. The summed E-state index contributed by atoms with van der Waals surface area (Å²) in [6.07, 6.45) is 4.13. The van der Waals surface area contributed by atoms with Crippen LogP contribution in [0.4, 0.5) is 13.2 Å². The van der Waals surface area contributed by atoms with Gasteiger partial charge in [0.2, 0.25) is 0 Å². The highest BCUT2D eigenvalue weighted by Gasteiger charge is 2.32. The molecule has 0 aromatic rings. The molecule has 1 aliphatic rings. The molecule has 0 spiro atoms. The number of terminal acetylenes is 1. The average Bonchev–Trinajstić information content (AvgIpc) is 3.16. The number of esters is 1. The van der Waals surface area contributed by atoms with Gasteiger partial charge in [-0.15, -0.1) is 12.8 Å². The summed E-state index contributed by atoms with van der Waals surface area (Å²) in [7, 11) is 0. The fourth-order valence-electron chi connectivity index (χ4n) is 1.40. The lowest BCUT2D eigenvalue weighted by atomic mass is 9.99. The fourth-order valence-corrected chi connectivity index (χ4v) is 1.40. The summed E-state index contributed by atoms with van der Waals surface area (Å²) >= 11 is 0. The van der Waals surface area contributed by atoms with Crippen molar-refractivity contribution in [2.45, 2.75) is 71.6 Å². The Morgan fingerprint density at radius 1 is 1.21 bits per heavy atom. The van der Waals surface area contributed by atoms with Crippen molar-refractivity contribution >= 4 is 11.9 Å². The third-order valence-corrected chi connectivity index (χ3v) is 2.82. The summed E-state index contributed by atoms with van der Waals surface area (Å²) in [6, 6.07) is 0. The van der Waals surface area contributed by atoms with Crippen molar-refractivity contribution in [3.05, 3.63) is 0 Å². The molecule has 0 aliphatic heterocycles. The van der Waals surface area contributed by atoms with Gasteiger partial charge in [-0.2, -0.15) is 13.2 Å². The van der Waals surface area contributed by atoms with Crippen molar-refractivity contribution in [2.24, 2.45) is 11.8 Å². The van der Waals surface area contributed by atoms with Gasteiger partial charge in [0.15, 0.2) is 0 Å². The molecule has 0 radical (unpaired) electrons. The average molecular weight is 352 g/mol. The molecule has 0 heterocycles. The number of rotatable bonds is 5. The standard InChI is InChI=1S/C11H17F3O4.C4H8.C2H2/c1-10(2,3)18-8(15)6-7(9(16)17)4-5-11(12,13)14;1-4-2-3-4;1-2/h7H,4-6H2,1-3H3,(H,16,17);4H,2-3H2,1H3;1-2H/t7-;;/m1../s1. The maximum atomic E-state index is 12.0. The number of ether oxygens (including phenoxy) is 1. The lowest BCUT2D eigenvalue weighted by Gasteiger charge is -2.21. The Morgan fingerprint density at radius 3 is 1.88 bits per heavy atom. The molecule has 4 nitrogen and oxygen atoms in total. The van der Waals surface area contributed by atoms with Crippen LogP contribution in [0.1, 0.15) is 59.8 Å². The molecule has 24 heavy (non-hydrogen) atoms. The SMILES string of the molecule is C#C.CC(C)(C)OC(=O)C[C@@H](CCC(F)(F)F)C(=O)O.CC1CC1. The number of carboxylic acids is 1. The van der Waals surface area contributed by atoms with Crippen LogP contribution in [0.2, 0.25) is 0 Å². The van der Waals surface area contributed by atoms with Crippen LogP contribution in [-0.4, -0.2) is 28.8 Å². The minimum Gasteiger partial charge on any atom is -0.481 e. The van der Waals surface area contributed by atoms with E-state index in [0.29, 0.717) is 0 Å². The minimum atomic E-state index is -4.43. The molecule has 1 rings (SSSR count). The van der Waals surface area contributed by atoms with Crippen LogP contribution in [0, 0.1) is 24.7 Å². The number of alkyl halides is 3. The van der Waals surface area contributed by atoms with E-state index in [1.165, 1.54) is 12.8 Å². The zero-order valence-electron chi connectivity index (χ0n) is 14.7. The van der Waals surface area contributed by atoms with Gasteiger partial charge in [0, 0.05) is 6.42 Å². The minimum absolute atomic E-state index is 0.553. The molecular weight excluding hydrogens is 325 g/mol. The van der Waals surface area contributed by atoms with Gasteiger partial charge in [-0.1, -0.05) is 19.8 Å². The Labute approximate surface area is 141 Å². The number of carboxylic acid groups (broad SMARTS) is 1. The van der Waals surface area contributed by atoms with Crippen molar-refractivity contribution < 1.29 is 32.6 Å². The molecule has 0 saturated heterocycles. The number of carbonyl (C=O) groups excluding carboxylic acids is 1. The molecule has 0 aromatic heterocycles. The maximum Gasteiger partial charge on any atom is 0.389 e. The smallest absolute Gasteiger partial charge is 0.389 e. The van der Waals surface area contributed by atoms with E-state index in [-0.39, 0.29) is 0 Å². The first kappa shape index (κ1) is 24.5. The number of hydrogen-bond donors (Lipinski definition) is 1. The van der Waals surface area contributed by atoms with E-state index in [4.69, 9.17) is 9.84 Å². The third kappa shape index (κ3) is 18.3. The first-order valence-electron chi connectivity index (χ1n) is 7.65. The molecule has 1 fully saturated rings. The van der Waals surface area contributed by atoms with Crippen LogP contribution < -0.4 is 0 Å². The molecule has 0 amide bonds. The van der Waals surface area contributed by atoms with Crippen LogP contribution >= 0.6 is 0 Å². The van der Waals surface area contributed by atoms with E-state index in [1.54, 1.807) is 20.8 Å². The van der Waals surface area contributed by atoms with E-state index in [0.717, 1.165) is 5.92 Å². The molecule has 1 aliphatic carbocycles. The maximum absolute atomic E-state index is 12.0. The predicted molar refractivity (Wildman–Crippen MR) is 85.2 cm³/mol. The molecule has 0 unspecified atom stereocenters. The van der Waals surface area contributed by atoms with Crippen LogP contribution in [0.15, 0.2) is 0 Å². The molecular formula is C17H27F3O4. The fraction of sp³-hybridized carbons (Fsp3) is 0.765. The molecule has 1 saturated carbocycles. The highest BCUT2D eigenvalue weighted by molar-refractivity contribution is 5.78. The summed E-state index contributed by atoms with van der Waals surface area (Å²) in [5.41, 5.74) is -0.788. The van der Waals surface area contributed by atoms with Gasteiger partial charge in [-0.3, -0.25) is 9.59 Å². The van der Waals surface area contributed by atoms with Crippen LogP contribution in [0.5, 0.6) is 0 Å². The van der Waals surface area contributed by atoms with Crippen LogP contribution in [0.25, 0.3) is 0 Å². The second-order valence-electron chi connectivity index (χ2n) is 6.66. The summed E-state index contributed by atoms with van der Waals surface area (Å²) in [4.78, 5) is 22.1. The lowest BCUT2D eigenvalue weighted by molar-refractivity contribution is -0.162. The second kappa shape index (κ2) is 11.0. The number of carbonyl (C=O) groups is 2. The first-order chi connectivity index (χ1) is 10.8. The van der Waals surface area contributed by atoms with Gasteiger partial charge in [0.1, 0.15) is 5.60 Å². The predicted octanol–water partition coefficient (Wildman–Crippen LogP) is 4.43. The van der Waals surface area contributed by atoms with Gasteiger partial charge in [0.05, 0.1) is 12.3 Å². The third-order valence-electron chi connectivity index (χ3n) is 2.82. The van der Waals surface area contributed by atoms with Crippen LogP contribution in [0.3, 0.4) is 0 Å². The van der Waals surface area contributed by atoms with Crippen molar-refractivity contribution in [3.63, 3.8) is 0 Å². The second-order valence-corrected chi connectivity index (χ2v) is 6.66. The summed E-state index contributed by atoms with van der Waals surface area (Å²) in [6.45, 7) is 7.06. The van der Waals surface area contributed by atoms with Gasteiger partial charge in [-0.05, 0) is 33.1 Å². The first-order valence-corrected chi connectivity index (χ1v) is 7.65. The number of hydrogen-bond acceptors (Lipinski definition) is 3. The zero-order valence-corrected chi connectivity index (χ0v) is 14.7. The highest BCUT2D eigenvalue weighted by Crippen LogP contribution is 2.27. The van der Waals surface area contributed by atoms with E-state index in [1.807, 2.05) is 0 Å². The van der Waals surface area contributed by atoms with Crippen LogP contribution in [-0.2, 0) is 14.3 Å². The molecule has 0 aromatic carbocycles. The zero-order chi connectivity index (χ0) is 19.6. The summed E-state index contributed by atoms with van der Waals surface area (Å²) in [5.74, 6) is -2.52. The molecule has 1 N–H and O–H groups in total. The van der Waals surface area contributed by atoms with Crippen molar-refractivity contribution in [1.29, 1.82) is 0 Å². The normalized spacial score (nSPS) is 15.0. The van der Waals surface area contributed by atoms with E-state index in [2.05, 4.69) is 19.8 Å². The van der Waals surface area contributed by atoms with Gasteiger partial charge < -0.3 is 9.84 Å². The molecule has 1 atom stereocenters. The monoisotopic (exact) mass is 352 g/mol.